The Hall–Kier alpha value is -0.820. The Balaban J connectivity index is 1.97. The summed E-state index contributed by atoms with van der Waals surface area (Å²) in [6.45, 7) is 0. The molecule has 0 saturated carbocycles. The van der Waals surface area contributed by atoms with E-state index in [1.807, 2.05) is 0 Å². The molecule has 0 spiro atoms. The van der Waals surface area contributed by atoms with Crippen molar-refractivity contribution in [1.82, 2.24) is 0 Å². The van der Waals surface area contributed by atoms with Gasteiger partial charge in [-0.25, -0.2) is 0 Å². The van der Waals surface area contributed by atoms with Crippen molar-refractivity contribution < 1.29 is 0 Å². The molecule has 0 aromatic heterocycles. The summed E-state index contributed by atoms with van der Waals surface area (Å²) in [6.07, 6.45) is 11.2. The van der Waals surface area contributed by atoms with Crippen LogP contribution in [0.4, 0.5) is 0 Å². The summed E-state index contributed by atoms with van der Waals surface area (Å²) in [6, 6.07) is 8.87. The molecule has 0 radical (unpaired) electrons. The molecule has 0 bridgehead atoms. The predicted molar refractivity (Wildman–Crippen MR) is 76.1 cm³/mol. The average molecular weight is 289 g/mol. The van der Waals surface area contributed by atoms with E-state index < -0.39 is 0 Å². The number of allylic oxidation sites excluding steroid dienone is 4. The molecule has 1 unspecified atom stereocenters. The smallest absolute Gasteiger partial charge is 0.0175 e. The highest BCUT2D eigenvalue weighted by Crippen LogP contribution is 2.41. The minimum absolute atomic E-state index is 0.642. The topological polar surface area (TPSA) is 0 Å². The lowest BCUT2D eigenvalue weighted by molar-refractivity contribution is 0.590. The van der Waals surface area contributed by atoms with Crippen molar-refractivity contribution in [2.24, 2.45) is 0 Å². The fraction of sp³-hybridized carbons (Fsp3) is 0.375. The fourth-order valence-electron chi connectivity index (χ4n) is 3.08. The lowest BCUT2D eigenvalue weighted by Crippen LogP contribution is -2.11. The van der Waals surface area contributed by atoms with E-state index in [0.717, 1.165) is 0 Å². The summed E-state index contributed by atoms with van der Waals surface area (Å²) in [5.41, 5.74) is 4.81. The number of rotatable bonds is 1. The summed E-state index contributed by atoms with van der Waals surface area (Å²) in [5.74, 6) is 0.642. The van der Waals surface area contributed by atoms with Crippen LogP contribution in [0, 0.1) is 0 Å². The van der Waals surface area contributed by atoms with Crippen molar-refractivity contribution in [2.75, 3.05) is 0 Å². The first-order chi connectivity index (χ1) is 8.34. The van der Waals surface area contributed by atoms with Gasteiger partial charge in [0.25, 0.3) is 0 Å². The minimum atomic E-state index is 0.642. The quantitative estimate of drug-likeness (QED) is 0.652. The Labute approximate surface area is 112 Å². The van der Waals surface area contributed by atoms with Crippen LogP contribution in [-0.2, 0) is 0 Å². The SMILES string of the molecule is Brc1ccc(C2CCCC3=C2C=CCC3)cc1. The van der Waals surface area contributed by atoms with Crippen molar-refractivity contribution in [3.8, 4) is 0 Å². The van der Waals surface area contributed by atoms with Crippen LogP contribution in [0.5, 0.6) is 0 Å². The molecule has 1 atom stereocenters. The summed E-state index contributed by atoms with van der Waals surface area (Å²) in [7, 11) is 0. The lowest BCUT2D eigenvalue weighted by Gasteiger charge is -2.29. The van der Waals surface area contributed by atoms with Crippen molar-refractivity contribution >= 4 is 15.9 Å². The van der Waals surface area contributed by atoms with E-state index >= 15 is 0 Å². The molecular formula is C16H17Br. The standard InChI is InChI=1S/C16H17Br/c17-14-10-8-13(9-11-14)16-7-3-5-12-4-1-2-6-15(12)16/h2,6,8-11,16H,1,3-5,7H2. The van der Waals surface area contributed by atoms with Crippen LogP contribution in [0.2, 0.25) is 0 Å². The van der Waals surface area contributed by atoms with Crippen LogP contribution in [-0.4, -0.2) is 0 Å². The fourth-order valence-corrected chi connectivity index (χ4v) is 3.34. The summed E-state index contributed by atoms with van der Waals surface area (Å²) < 4.78 is 1.17. The van der Waals surface area contributed by atoms with Gasteiger partial charge in [0.2, 0.25) is 0 Å². The number of hydrogen-bond donors (Lipinski definition) is 0. The van der Waals surface area contributed by atoms with Gasteiger partial charge in [0.05, 0.1) is 0 Å². The molecule has 0 nitrogen and oxygen atoms in total. The van der Waals surface area contributed by atoms with Crippen molar-refractivity contribution in [3.05, 3.63) is 57.6 Å². The normalized spacial score (nSPS) is 23.7. The van der Waals surface area contributed by atoms with E-state index in [-0.39, 0.29) is 0 Å². The molecule has 0 aliphatic heterocycles. The Kier molecular flexibility index (Phi) is 3.19. The zero-order chi connectivity index (χ0) is 11.7. The van der Waals surface area contributed by atoms with E-state index in [9.17, 15) is 0 Å². The highest BCUT2D eigenvalue weighted by molar-refractivity contribution is 9.10. The summed E-state index contributed by atoms with van der Waals surface area (Å²) >= 11 is 3.51. The molecule has 1 aromatic carbocycles. The number of halogens is 1. The molecule has 2 aliphatic carbocycles. The molecule has 3 rings (SSSR count). The average Bonchev–Trinajstić information content (AvgIpc) is 2.39. The van der Waals surface area contributed by atoms with E-state index in [4.69, 9.17) is 0 Å². The van der Waals surface area contributed by atoms with Gasteiger partial charge in [-0.05, 0) is 55.4 Å². The van der Waals surface area contributed by atoms with E-state index in [1.165, 1.54) is 42.1 Å². The molecule has 0 N–H and O–H groups in total. The molecular weight excluding hydrogens is 272 g/mol. The first-order valence-electron chi connectivity index (χ1n) is 6.48. The second-order valence-corrected chi connectivity index (χ2v) is 5.91. The maximum absolute atomic E-state index is 3.51. The minimum Gasteiger partial charge on any atom is -0.0839 e. The van der Waals surface area contributed by atoms with Gasteiger partial charge < -0.3 is 0 Å². The van der Waals surface area contributed by atoms with Gasteiger partial charge in [-0.1, -0.05) is 45.8 Å². The van der Waals surface area contributed by atoms with Gasteiger partial charge in [-0.2, -0.15) is 0 Å². The van der Waals surface area contributed by atoms with Crippen molar-refractivity contribution in [3.63, 3.8) is 0 Å². The molecule has 2 aliphatic rings. The van der Waals surface area contributed by atoms with Crippen LogP contribution in [0.3, 0.4) is 0 Å². The third-order valence-electron chi connectivity index (χ3n) is 3.94. The zero-order valence-electron chi connectivity index (χ0n) is 9.95. The maximum Gasteiger partial charge on any atom is 0.0175 e. The predicted octanol–water partition coefficient (Wildman–Crippen LogP) is 5.36. The van der Waals surface area contributed by atoms with Gasteiger partial charge in [0.1, 0.15) is 0 Å². The zero-order valence-corrected chi connectivity index (χ0v) is 11.5. The summed E-state index contributed by atoms with van der Waals surface area (Å²) in [4.78, 5) is 0. The van der Waals surface area contributed by atoms with Crippen LogP contribution >= 0.6 is 15.9 Å². The highest BCUT2D eigenvalue weighted by atomic mass is 79.9. The van der Waals surface area contributed by atoms with Crippen LogP contribution in [0.1, 0.15) is 43.6 Å². The second-order valence-electron chi connectivity index (χ2n) is 5.00. The molecule has 1 heteroatoms. The van der Waals surface area contributed by atoms with Crippen LogP contribution < -0.4 is 0 Å². The second kappa shape index (κ2) is 4.81. The van der Waals surface area contributed by atoms with E-state index in [2.05, 4.69) is 52.3 Å². The van der Waals surface area contributed by atoms with Gasteiger partial charge >= 0.3 is 0 Å². The van der Waals surface area contributed by atoms with Crippen molar-refractivity contribution in [2.45, 2.75) is 38.0 Å². The van der Waals surface area contributed by atoms with E-state index in [0.29, 0.717) is 5.92 Å². The first-order valence-corrected chi connectivity index (χ1v) is 7.28. The largest absolute Gasteiger partial charge is 0.0839 e. The van der Waals surface area contributed by atoms with Crippen LogP contribution in [0.15, 0.2) is 52.0 Å². The third kappa shape index (κ3) is 2.26. The maximum atomic E-state index is 3.51. The third-order valence-corrected chi connectivity index (χ3v) is 4.47. The number of hydrogen-bond acceptors (Lipinski definition) is 0. The Morgan fingerprint density at radius 1 is 1.06 bits per heavy atom. The molecule has 0 heterocycles. The molecule has 17 heavy (non-hydrogen) atoms. The van der Waals surface area contributed by atoms with Crippen LogP contribution in [0.25, 0.3) is 0 Å². The lowest BCUT2D eigenvalue weighted by atomic mass is 9.76. The Morgan fingerprint density at radius 3 is 2.71 bits per heavy atom. The highest BCUT2D eigenvalue weighted by Gasteiger charge is 2.23. The van der Waals surface area contributed by atoms with Gasteiger partial charge in [-0.3, -0.25) is 0 Å². The Morgan fingerprint density at radius 2 is 1.88 bits per heavy atom. The van der Waals surface area contributed by atoms with Crippen molar-refractivity contribution in [1.29, 1.82) is 0 Å². The monoisotopic (exact) mass is 288 g/mol. The molecule has 88 valence electrons. The molecule has 0 saturated heterocycles. The molecule has 1 aromatic rings. The van der Waals surface area contributed by atoms with Gasteiger partial charge in [0.15, 0.2) is 0 Å². The first kappa shape index (κ1) is 11.3. The van der Waals surface area contributed by atoms with Gasteiger partial charge in [0, 0.05) is 10.4 Å². The number of benzene rings is 1. The molecule has 0 fully saturated rings. The molecule has 0 amide bonds. The Bertz CT molecular complexity index is 465. The van der Waals surface area contributed by atoms with Gasteiger partial charge in [-0.15, -0.1) is 0 Å². The summed E-state index contributed by atoms with van der Waals surface area (Å²) in [5, 5.41) is 0. The van der Waals surface area contributed by atoms with E-state index in [1.54, 1.807) is 11.1 Å².